The number of aromatic nitrogens is 2. The van der Waals surface area contributed by atoms with Gasteiger partial charge in [-0.25, -0.2) is 0 Å². The summed E-state index contributed by atoms with van der Waals surface area (Å²) in [6, 6.07) is 19.6. The van der Waals surface area contributed by atoms with Crippen molar-refractivity contribution in [1.82, 2.24) is 10.1 Å². The Balaban J connectivity index is 1.25. The lowest BCUT2D eigenvalue weighted by Gasteiger charge is -2.51. The number of fused-ring (bicyclic) bond motifs is 3. The Bertz CT molecular complexity index is 995. The fourth-order valence-electron chi connectivity index (χ4n) is 4.87. The molecule has 6 heteroatoms. The van der Waals surface area contributed by atoms with Gasteiger partial charge in [-0.15, -0.1) is 0 Å². The van der Waals surface area contributed by atoms with Crippen molar-refractivity contribution in [3.8, 4) is 11.5 Å². The number of carbonyl (C=O) groups is 1. The Morgan fingerprint density at radius 1 is 1.03 bits per heavy atom. The molecule has 6 rings (SSSR count). The Hall–Kier alpha value is -2.99. The van der Waals surface area contributed by atoms with E-state index in [1.54, 1.807) is 0 Å². The predicted molar refractivity (Wildman–Crippen MR) is 111 cm³/mol. The topological polar surface area (TPSA) is 65.2 Å². The third-order valence-electron chi connectivity index (χ3n) is 6.48. The first-order valence-corrected chi connectivity index (χ1v) is 10.7. The highest BCUT2D eigenvalue weighted by atomic mass is 16.5. The van der Waals surface area contributed by atoms with Crippen LogP contribution in [0.25, 0.3) is 11.5 Å². The van der Waals surface area contributed by atoms with Crippen LogP contribution in [0.5, 0.6) is 0 Å². The van der Waals surface area contributed by atoms with Gasteiger partial charge in [0.25, 0.3) is 5.89 Å². The second-order valence-electron chi connectivity index (χ2n) is 8.54. The second kappa shape index (κ2) is 8.03. The van der Waals surface area contributed by atoms with Gasteiger partial charge in [-0.1, -0.05) is 53.7 Å². The van der Waals surface area contributed by atoms with Crippen molar-refractivity contribution >= 4 is 5.97 Å². The first-order valence-electron chi connectivity index (χ1n) is 10.7. The van der Waals surface area contributed by atoms with E-state index < -0.39 is 0 Å². The molecule has 2 aromatic carbocycles. The van der Waals surface area contributed by atoms with Gasteiger partial charge in [0.1, 0.15) is 13.1 Å². The lowest BCUT2D eigenvalue weighted by molar-refractivity contribution is -0.958. The van der Waals surface area contributed by atoms with Crippen LogP contribution in [0.1, 0.15) is 24.2 Å². The molecule has 3 aliphatic rings. The fourth-order valence-corrected chi connectivity index (χ4v) is 4.87. The van der Waals surface area contributed by atoms with Crippen LogP contribution in [0.3, 0.4) is 0 Å². The second-order valence-corrected chi connectivity index (χ2v) is 8.54. The number of ether oxygens (including phenoxy) is 1. The molecule has 154 valence electrons. The van der Waals surface area contributed by atoms with E-state index in [-0.39, 0.29) is 12.1 Å². The first kappa shape index (κ1) is 19.0. The van der Waals surface area contributed by atoms with E-state index in [1.165, 1.54) is 0 Å². The summed E-state index contributed by atoms with van der Waals surface area (Å²) in [6.45, 7) is 3.70. The summed E-state index contributed by atoms with van der Waals surface area (Å²) in [5.74, 6) is 1.61. The molecular weight excluding hydrogens is 378 g/mol. The van der Waals surface area contributed by atoms with Gasteiger partial charge in [-0.2, -0.15) is 4.98 Å². The van der Waals surface area contributed by atoms with Crippen LogP contribution in [-0.4, -0.2) is 46.3 Å². The fraction of sp³-hybridized carbons (Fsp3) is 0.375. The van der Waals surface area contributed by atoms with E-state index in [0.717, 1.165) is 60.5 Å². The molecule has 6 nitrogen and oxygen atoms in total. The van der Waals surface area contributed by atoms with Crippen molar-refractivity contribution in [2.24, 2.45) is 5.92 Å². The Labute approximate surface area is 176 Å². The van der Waals surface area contributed by atoms with Gasteiger partial charge in [-0.3, -0.25) is 4.79 Å². The molecule has 3 fully saturated rings. The molecule has 0 saturated carbocycles. The Kier molecular flexibility index (Phi) is 5.09. The van der Waals surface area contributed by atoms with E-state index in [2.05, 4.69) is 10.1 Å². The maximum absolute atomic E-state index is 12.5. The third-order valence-corrected chi connectivity index (χ3v) is 6.48. The summed E-state index contributed by atoms with van der Waals surface area (Å²) < 4.78 is 12.3. The van der Waals surface area contributed by atoms with Gasteiger partial charge in [0.2, 0.25) is 5.82 Å². The molecule has 0 spiro atoms. The number of nitrogens with zero attached hydrogens (tertiary/aromatic N) is 3. The summed E-state index contributed by atoms with van der Waals surface area (Å²) in [4.78, 5) is 17.1. The van der Waals surface area contributed by atoms with Gasteiger partial charge in [0.05, 0.1) is 19.5 Å². The highest BCUT2D eigenvalue weighted by Crippen LogP contribution is 2.37. The normalized spacial score (nSPS) is 25.2. The lowest BCUT2D eigenvalue weighted by atomic mass is 9.83. The first-order chi connectivity index (χ1) is 14.7. The van der Waals surface area contributed by atoms with Gasteiger partial charge in [0.15, 0.2) is 6.10 Å². The van der Waals surface area contributed by atoms with E-state index in [9.17, 15) is 4.79 Å². The molecule has 1 atom stereocenters. The molecule has 0 amide bonds. The summed E-state index contributed by atoms with van der Waals surface area (Å²) in [5, 5.41) is 4.23. The van der Waals surface area contributed by atoms with E-state index in [4.69, 9.17) is 9.26 Å². The molecule has 1 aromatic heterocycles. The zero-order valence-electron chi connectivity index (χ0n) is 16.9. The molecule has 3 aliphatic heterocycles. The van der Waals surface area contributed by atoms with Crippen LogP contribution in [0, 0.1) is 5.92 Å². The lowest BCUT2D eigenvalue weighted by Crippen LogP contribution is -2.63. The molecule has 3 saturated heterocycles. The number of benzene rings is 2. The minimum atomic E-state index is -0.135. The molecule has 0 unspecified atom stereocenters. The van der Waals surface area contributed by atoms with Crippen molar-refractivity contribution in [3.05, 3.63) is 72.1 Å². The zero-order valence-corrected chi connectivity index (χ0v) is 16.9. The predicted octanol–water partition coefficient (Wildman–Crippen LogP) is 3.63. The minimum absolute atomic E-state index is 0.0239. The quantitative estimate of drug-likeness (QED) is 0.464. The van der Waals surface area contributed by atoms with E-state index >= 15 is 0 Å². The number of hydrogen-bond acceptors (Lipinski definition) is 5. The SMILES string of the molecule is O=C(Cc1ccccc1)O[C@H]1C[N+]2(Cc3noc(-c4ccccc4)n3)CCC1CC2. The molecule has 2 bridgehead atoms. The Morgan fingerprint density at radius 3 is 2.47 bits per heavy atom. The summed E-state index contributed by atoms with van der Waals surface area (Å²) in [5.41, 5.74) is 1.93. The van der Waals surface area contributed by atoms with Crippen LogP contribution in [-0.2, 0) is 22.5 Å². The van der Waals surface area contributed by atoms with Crippen molar-refractivity contribution in [2.75, 3.05) is 19.6 Å². The maximum Gasteiger partial charge on any atom is 0.310 e. The molecule has 0 N–H and O–H groups in total. The average molecular weight is 404 g/mol. The number of esters is 1. The van der Waals surface area contributed by atoms with Crippen LogP contribution in [0.15, 0.2) is 65.2 Å². The number of quaternary nitrogens is 1. The summed E-state index contributed by atoms with van der Waals surface area (Å²) in [6.07, 6.45) is 2.46. The molecule has 4 heterocycles. The standard InChI is InChI=1S/C24H26N3O3/c28-23(15-18-7-3-1-4-8-18)29-21-16-27(13-11-19(21)12-14-27)17-22-25-24(30-26-22)20-9-5-2-6-10-20/h1-10,19,21H,11-17H2/q+1/t19?,21-,27?/m0/s1. The van der Waals surface area contributed by atoms with Crippen molar-refractivity contribution in [3.63, 3.8) is 0 Å². The van der Waals surface area contributed by atoms with Gasteiger partial charge >= 0.3 is 5.97 Å². The maximum atomic E-state index is 12.5. The number of hydrogen-bond donors (Lipinski definition) is 0. The highest BCUT2D eigenvalue weighted by molar-refractivity contribution is 5.72. The minimum Gasteiger partial charge on any atom is -0.456 e. The summed E-state index contributed by atoms with van der Waals surface area (Å²) in [7, 11) is 0. The van der Waals surface area contributed by atoms with Crippen molar-refractivity contribution in [1.29, 1.82) is 0 Å². The molecule has 3 aromatic rings. The zero-order chi connectivity index (χ0) is 20.4. The number of rotatable bonds is 6. The molecule has 30 heavy (non-hydrogen) atoms. The monoisotopic (exact) mass is 404 g/mol. The number of piperidine rings is 3. The van der Waals surface area contributed by atoms with Gasteiger partial charge < -0.3 is 13.7 Å². The average Bonchev–Trinajstić information content (AvgIpc) is 3.23. The molecular formula is C24H26N3O3+. The highest BCUT2D eigenvalue weighted by Gasteiger charge is 2.48. The molecule has 0 aliphatic carbocycles. The van der Waals surface area contributed by atoms with Crippen LogP contribution >= 0.6 is 0 Å². The van der Waals surface area contributed by atoms with Gasteiger partial charge in [0, 0.05) is 24.3 Å². The third kappa shape index (κ3) is 4.00. The van der Waals surface area contributed by atoms with Gasteiger partial charge in [-0.05, 0) is 17.7 Å². The summed E-state index contributed by atoms with van der Waals surface area (Å²) >= 11 is 0. The van der Waals surface area contributed by atoms with Crippen molar-refractivity contribution < 1.29 is 18.5 Å². The van der Waals surface area contributed by atoms with Crippen LogP contribution in [0.2, 0.25) is 0 Å². The van der Waals surface area contributed by atoms with E-state index in [1.807, 2.05) is 60.7 Å². The van der Waals surface area contributed by atoms with Crippen molar-refractivity contribution in [2.45, 2.75) is 31.9 Å². The van der Waals surface area contributed by atoms with E-state index in [0.29, 0.717) is 18.2 Å². The smallest absolute Gasteiger partial charge is 0.310 e. The molecule has 0 radical (unpaired) electrons. The largest absolute Gasteiger partial charge is 0.456 e. The number of carbonyl (C=O) groups excluding carboxylic acids is 1. The Morgan fingerprint density at radius 2 is 1.73 bits per heavy atom. The van der Waals surface area contributed by atoms with Crippen LogP contribution in [0.4, 0.5) is 0 Å². The van der Waals surface area contributed by atoms with Crippen LogP contribution < -0.4 is 0 Å².